The van der Waals surface area contributed by atoms with Crippen molar-refractivity contribution >= 4 is 17.5 Å². The summed E-state index contributed by atoms with van der Waals surface area (Å²) < 4.78 is 1.49. The molecule has 1 aliphatic carbocycles. The Labute approximate surface area is 156 Å². The van der Waals surface area contributed by atoms with E-state index in [1.54, 1.807) is 18.5 Å². The van der Waals surface area contributed by atoms with Gasteiger partial charge in [0.05, 0.1) is 6.20 Å². The molecular formula is C20H20N4O3. The Morgan fingerprint density at radius 1 is 1.30 bits per heavy atom. The number of aryl methyl sites for hydroxylation is 1. The molecule has 2 N–H and O–H groups in total. The highest BCUT2D eigenvalue weighted by Crippen LogP contribution is 2.34. The van der Waals surface area contributed by atoms with Gasteiger partial charge < -0.3 is 10.4 Å². The summed E-state index contributed by atoms with van der Waals surface area (Å²) in [6.07, 6.45) is 8.01. The first-order chi connectivity index (χ1) is 13.1. The van der Waals surface area contributed by atoms with Crippen LogP contribution in [0.5, 0.6) is 0 Å². The molecule has 138 valence electrons. The minimum Gasteiger partial charge on any atom is -0.480 e. The lowest BCUT2D eigenvalue weighted by Gasteiger charge is -2.28. The molecule has 2 unspecified atom stereocenters. The Balaban J connectivity index is 1.54. The van der Waals surface area contributed by atoms with Crippen LogP contribution in [-0.4, -0.2) is 37.6 Å². The van der Waals surface area contributed by atoms with Gasteiger partial charge in [0.25, 0.3) is 5.91 Å². The van der Waals surface area contributed by atoms with Crippen LogP contribution in [0.2, 0.25) is 0 Å². The zero-order valence-corrected chi connectivity index (χ0v) is 14.7. The van der Waals surface area contributed by atoms with Gasteiger partial charge in [0, 0.05) is 12.4 Å². The van der Waals surface area contributed by atoms with Gasteiger partial charge in [-0.15, -0.1) is 0 Å². The first-order valence-corrected chi connectivity index (χ1v) is 9.03. The van der Waals surface area contributed by atoms with E-state index in [9.17, 15) is 14.7 Å². The predicted octanol–water partition coefficient (Wildman–Crippen LogP) is 2.42. The minimum atomic E-state index is -1.03. The normalized spacial score (nSPS) is 17.3. The summed E-state index contributed by atoms with van der Waals surface area (Å²) >= 11 is 0. The number of carboxylic acid groups (broad SMARTS) is 1. The molecule has 7 heteroatoms. The van der Waals surface area contributed by atoms with Crippen LogP contribution in [0.15, 0.2) is 48.9 Å². The van der Waals surface area contributed by atoms with Crippen molar-refractivity contribution in [3.05, 3.63) is 65.6 Å². The maximum atomic E-state index is 12.7. The molecule has 0 spiro atoms. The quantitative estimate of drug-likeness (QED) is 0.725. The fourth-order valence-corrected chi connectivity index (χ4v) is 3.83. The number of amides is 1. The van der Waals surface area contributed by atoms with Crippen molar-refractivity contribution in [1.29, 1.82) is 0 Å². The van der Waals surface area contributed by atoms with Crippen molar-refractivity contribution < 1.29 is 14.7 Å². The van der Waals surface area contributed by atoms with Gasteiger partial charge in [0.2, 0.25) is 0 Å². The van der Waals surface area contributed by atoms with Crippen LogP contribution in [0, 0.1) is 0 Å². The monoisotopic (exact) mass is 364 g/mol. The summed E-state index contributed by atoms with van der Waals surface area (Å²) in [5.41, 5.74) is 3.14. The molecule has 3 aromatic rings. The van der Waals surface area contributed by atoms with Crippen molar-refractivity contribution in [3.63, 3.8) is 0 Å². The second kappa shape index (κ2) is 7.19. The molecule has 0 radical (unpaired) electrons. The van der Waals surface area contributed by atoms with Gasteiger partial charge in [-0.1, -0.05) is 24.3 Å². The Kier molecular flexibility index (Phi) is 4.58. The maximum Gasteiger partial charge on any atom is 0.326 e. The molecule has 2 heterocycles. The van der Waals surface area contributed by atoms with Crippen molar-refractivity contribution in [2.75, 3.05) is 0 Å². The fraction of sp³-hybridized carbons (Fsp3) is 0.300. The number of aliphatic carboxylic acids is 1. The molecule has 2 aromatic heterocycles. The smallest absolute Gasteiger partial charge is 0.326 e. The molecule has 4 rings (SSSR count). The number of carbonyl (C=O) groups is 2. The zero-order chi connectivity index (χ0) is 18.8. The van der Waals surface area contributed by atoms with E-state index < -0.39 is 17.9 Å². The standard InChI is InChI=1S/C20H20N4O3/c25-19(16-12-22-24-10-4-9-21-18(16)24)23-17(20(26)27)11-14-7-3-6-13-5-1-2-8-15(13)14/h1-2,4-5,8-10,12,14,17H,3,6-7,11H2,(H,23,25)(H,26,27). The lowest BCUT2D eigenvalue weighted by Crippen LogP contribution is -2.42. The van der Waals surface area contributed by atoms with Gasteiger partial charge in [-0.25, -0.2) is 14.3 Å². The van der Waals surface area contributed by atoms with E-state index in [2.05, 4.69) is 27.5 Å². The molecule has 0 fully saturated rings. The lowest BCUT2D eigenvalue weighted by molar-refractivity contribution is -0.139. The third-order valence-electron chi connectivity index (χ3n) is 5.14. The van der Waals surface area contributed by atoms with E-state index in [-0.39, 0.29) is 11.5 Å². The van der Waals surface area contributed by atoms with Crippen molar-refractivity contribution in [3.8, 4) is 0 Å². The second-order valence-electron chi connectivity index (χ2n) is 6.83. The lowest BCUT2D eigenvalue weighted by atomic mass is 9.79. The first-order valence-electron chi connectivity index (χ1n) is 9.03. The van der Waals surface area contributed by atoms with E-state index in [1.165, 1.54) is 21.8 Å². The number of benzene rings is 1. The third kappa shape index (κ3) is 3.40. The van der Waals surface area contributed by atoms with E-state index in [0.717, 1.165) is 19.3 Å². The van der Waals surface area contributed by atoms with E-state index in [0.29, 0.717) is 12.1 Å². The number of aromatic nitrogens is 3. The summed E-state index contributed by atoms with van der Waals surface area (Å²) in [6.45, 7) is 0. The molecule has 0 saturated heterocycles. The number of nitrogens with zero attached hydrogens (tertiary/aromatic N) is 3. The molecule has 2 atom stereocenters. The molecule has 0 bridgehead atoms. The average molecular weight is 364 g/mol. The molecule has 0 saturated carbocycles. The Morgan fingerprint density at radius 3 is 3.00 bits per heavy atom. The molecule has 7 nitrogen and oxygen atoms in total. The summed E-state index contributed by atoms with van der Waals surface area (Å²) in [6, 6.07) is 8.90. The molecular weight excluding hydrogens is 344 g/mol. The van der Waals surface area contributed by atoms with E-state index >= 15 is 0 Å². The Bertz CT molecular complexity index is 998. The highest BCUT2D eigenvalue weighted by atomic mass is 16.4. The maximum absolute atomic E-state index is 12.7. The Morgan fingerprint density at radius 2 is 2.15 bits per heavy atom. The SMILES string of the molecule is O=C(NC(CC1CCCc2ccccc21)C(=O)O)c1cnn2cccnc12. The summed E-state index contributed by atoms with van der Waals surface area (Å²) in [7, 11) is 0. The van der Waals surface area contributed by atoms with Crippen LogP contribution in [-0.2, 0) is 11.2 Å². The van der Waals surface area contributed by atoms with E-state index in [1.807, 2.05) is 12.1 Å². The molecule has 27 heavy (non-hydrogen) atoms. The number of nitrogens with one attached hydrogen (secondary N) is 1. The number of hydrogen-bond acceptors (Lipinski definition) is 4. The summed E-state index contributed by atoms with van der Waals surface area (Å²) in [4.78, 5) is 28.6. The molecule has 1 aliphatic rings. The highest BCUT2D eigenvalue weighted by molar-refractivity contribution is 6.01. The number of rotatable bonds is 5. The number of carbonyl (C=O) groups excluding carboxylic acids is 1. The van der Waals surface area contributed by atoms with Crippen LogP contribution in [0.25, 0.3) is 5.65 Å². The Hall–Kier alpha value is -3.22. The van der Waals surface area contributed by atoms with Gasteiger partial charge in [-0.2, -0.15) is 5.10 Å². The number of hydrogen-bond donors (Lipinski definition) is 2. The van der Waals surface area contributed by atoms with Crippen molar-refractivity contribution in [2.24, 2.45) is 0 Å². The molecule has 1 aromatic carbocycles. The van der Waals surface area contributed by atoms with Gasteiger partial charge in [-0.05, 0) is 48.8 Å². The topological polar surface area (TPSA) is 96.6 Å². The van der Waals surface area contributed by atoms with Gasteiger partial charge in [0.1, 0.15) is 11.6 Å². The molecule has 0 aliphatic heterocycles. The predicted molar refractivity (Wildman–Crippen MR) is 98.6 cm³/mol. The summed E-state index contributed by atoms with van der Waals surface area (Å²) in [5, 5.41) is 16.4. The van der Waals surface area contributed by atoms with Gasteiger partial charge in [0.15, 0.2) is 5.65 Å². The van der Waals surface area contributed by atoms with Crippen LogP contribution >= 0.6 is 0 Å². The largest absolute Gasteiger partial charge is 0.480 e. The van der Waals surface area contributed by atoms with E-state index in [4.69, 9.17) is 0 Å². The van der Waals surface area contributed by atoms with Crippen LogP contribution in [0.3, 0.4) is 0 Å². The van der Waals surface area contributed by atoms with Crippen LogP contribution in [0.4, 0.5) is 0 Å². The highest BCUT2D eigenvalue weighted by Gasteiger charge is 2.29. The molecule has 1 amide bonds. The number of carboxylic acids is 1. The first kappa shape index (κ1) is 17.2. The zero-order valence-electron chi connectivity index (χ0n) is 14.7. The summed E-state index contributed by atoms with van der Waals surface area (Å²) in [5.74, 6) is -1.38. The second-order valence-corrected chi connectivity index (χ2v) is 6.83. The number of fused-ring (bicyclic) bond motifs is 2. The van der Waals surface area contributed by atoms with Crippen molar-refractivity contribution in [1.82, 2.24) is 19.9 Å². The van der Waals surface area contributed by atoms with Crippen LogP contribution < -0.4 is 5.32 Å². The van der Waals surface area contributed by atoms with Crippen LogP contribution in [0.1, 0.15) is 46.7 Å². The third-order valence-corrected chi connectivity index (χ3v) is 5.14. The average Bonchev–Trinajstić information content (AvgIpc) is 3.12. The minimum absolute atomic E-state index is 0.124. The van der Waals surface area contributed by atoms with Gasteiger partial charge >= 0.3 is 5.97 Å². The van der Waals surface area contributed by atoms with Gasteiger partial charge in [-0.3, -0.25) is 4.79 Å². The fourth-order valence-electron chi connectivity index (χ4n) is 3.83. The van der Waals surface area contributed by atoms with Crippen molar-refractivity contribution in [2.45, 2.75) is 37.6 Å².